The topological polar surface area (TPSA) is 70.2 Å². The van der Waals surface area contributed by atoms with Crippen LogP contribution in [0.3, 0.4) is 0 Å². The van der Waals surface area contributed by atoms with E-state index in [-0.39, 0.29) is 12.1 Å². The van der Waals surface area contributed by atoms with Crippen LogP contribution in [0.15, 0.2) is 24.5 Å². The molecule has 0 aliphatic carbocycles. The minimum absolute atomic E-state index is 0.0601. The Balaban J connectivity index is 1.85. The molecule has 0 saturated heterocycles. The van der Waals surface area contributed by atoms with Crippen LogP contribution in [0.25, 0.3) is 21.8 Å². The molecule has 7 heteroatoms. The molecule has 0 fully saturated rings. The Morgan fingerprint density at radius 3 is 2.64 bits per heavy atom. The van der Waals surface area contributed by atoms with Crippen molar-refractivity contribution in [3.05, 3.63) is 34.6 Å². The van der Waals surface area contributed by atoms with Gasteiger partial charge in [-0.25, -0.2) is 0 Å². The van der Waals surface area contributed by atoms with Crippen LogP contribution in [0.1, 0.15) is 20.8 Å². The predicted octanol–water partition coefficient (Wildman–Crippen LogP) is 4.15. The van der Waals surface area contributed by atoms with Crippen LogP contribution >= 0.6 is 23.2 Å². The van der Waals surface area contributed by atoms with E-state index in [2.05, 4.69) is 15.3 Å². The lowest BCUT2D eigenvalue weighted by molar-refractivity contribution is 0.101. The number of fused-ring (bicyclic) bond motifs is 3. The lowest BCUT2D eigenvalue weighted by Crippen LogP contribution is -2.42. The molecule has 25 heavy (non-hydrogen) atoms. The largest absolute Gasteiger partial charge is 0.488 e. The van der Waals surface area contributed by atoms with E-state index >= 15 is 0 Å². The third kappa shape index (κ3) is 4.18. The number of ether oxygens (including phenoxy) is 1. The van der Waals surface area contributed by atoms with Crippen molar-refractivity contribution >= 4 is 45.0 Å². The summed E-state index contributed by atoms with van der Waals surface area (Å²) in [5.74, 6) is 0.594. The highest BCUT2D eigenvalue weighted by Gasteiger charge is 2.15. The Morgan fingerprint density at radius 2 is 1.92 bits per heavy atom. The molecule has 0 spiro atoms. The zero-order chi connectivity index (χ0) is 18.2. The van der Waals surface area contributed by atoms with Crippen molar-refractivity contribution in [2.75, 3.05) is 13.2 Å². The van der Waals surface area contributed by atoms with E-state index in [1.807, 2.05) is 26.8 Å². The van der Waals surface area contributed by atoms with Crippen molar-refractivity contribution in [2.24, 2.45) is 0 Å². The fraction of sp³-hybridized carbons (Fsp3) is 0.389. The summed E-state index contributed by atoms with van der Waals surface area (Å²) in [4.78, 5) is 7.46. The molecule has 2 heterocycles. The number of pyridine rings is 1. The molecule has 3 aromatic rings. The van der Waals surface area contributed by atoms with Crippen LogP contribution in [0.5, 0.6) is 5.75 Å². The van der Waals surface area contributed by atoms with Crippen molar-refractivity contribution in [1.82, 2.24) is 15.3 Å². The summed E-state index contributed by atoms with van der Waals surface area (Å²) in [5, 5.41) is 16.1. The summed E-state index contributed by atoms with van der Waals surface area (Å²) in [6.07, 6.45) is 2.74. The first-order valence-electron chi connectivity index (χ1n) is 8.05. The predicted molar refractivity (Wildman–Crippen MR) is 103 cm³/mol. The molecule has 134 valence electrons. The monoisotopic (exact) mass is 381 g/mol. The second-order valence-electron chi connectivity index (χ2n) is 7.09. The Kier molecular flexibility index (Phi) is 5.11. The molecule has 0 aliphatic rings. The highest BCUT2D eigenvalue weighted by atomic mass is 35.5. The minimum Gasteiger partial charge on any atom is -0.488 e. The number of rotatable bonds is 5. The van der Waals surface area contributed by atoms with Gasteiger partial charge in [-0.3, -0.25) is 4.98 Å². The van der Waals surface area contributed by atoms with Gasteiger partial charge >= 0.3 is 0 Å². The number of benzene rings is 1. The molecule has 0 radical (unpaired) electrons. The number of nitrogens with one attached hydrogen (secondary N) is 2. The maximum atomic E-state index is 10.1. The second-order valence-corrected chi connectivity index (χ2v) is 7.91. The number of β-amino-alcohol motifs (C(OH)–C–C–N with tert-alkyl or cyclic N) is 1. The van der Waals surface area contributed by atoms with Crippen LogP contribution in [0, 0.1) is 0 Å². The summed E-state index contributed by atoms with van der Waals surface area (Å²) in [7, 11) is 0. The number of hydrogen-bond acceptors (Lipinski definition) is 4. The van der Waals surface area contributed by atoms with Crippen molar-refractivity contribution < 1.29 is 9.84 Å². The summed E-state index contributed by atoms with van der Waals surface area (Å²) in [5.41, 5.74) is 1.63. The number of aliphatic hydroxyl groups is 1. The van der Waals surface area contributed by atoms with Gasteiger partial charge in [-0.1, -0.05) is 23.2 Å². The maximum Gasteiger partial charge on any atom is 0.147 e. The van der Waals surface area contributed by atoms with Gasteiger partial charge in [0.05, 0.1) is 33.3 Å². The number of aromatic nitrogens is 2. The van der Waals surface area contributed by atoms with Gasteiger partial charge in [-0.15, -0.1) is 0 Å². The third-order valence-electron chi connectivity index (χ3n) is 3.81. The first kappa shape index (κ1) is 18.3. The van der Waals surface area contributed by atoms with E-state index in [4.69, 9.17) is 27.9 Å². The fourth-order valence-corrected chi connectivity index (χ4v) is 2.92. The fourth-order valence-electron chi connectivity index (χ4n) is 2.59. The lowest BCUT2D eigenvalue weighted by Gasteiger charge is -2.23. The number of aromatic amines is 1. The van der Waals surface area contributed by atoms with E-state index in [1.165, 1.54) is 0 Å². The number of H-pyrrole nitrogens is 1. The standard InChI is InChI=1S/C18H21Cl2N3O2/c1-18(2,3)22-6-10(24)9-25-16-8-21-7-15-17(16)11-4-12(19)13(20)5-14(11)23-15/h4-5,7-8,10,22-24H,6,9H2,1-3H3. The SMILES string of the molecule is CC(C)(C)NCC(O)COc1cncc2[nH]c3cc(Cl)c(Cl)cc3c12. The number of aliphatic hydroxyl groups excluding tert-OH is 1. The van der Waals surface area contributed by atoms with Crippen molar-refractivity contribution in [2.45, 2.75) is 32.4 Å². The maximum absolute atomic E-state index is 10.1. The minimum atomic E-state index is -0.627. The van der Waals surface area contributed by atoms with E-state index < -0.39 is 6.10 Å². The summed E-state index contributed by atoms with van der Waals surface area (Å²) in [6, 6.07) is 3.59. The van der Waals surface area contributed by atoms with Crippen LogP contribution in [-0.4, -0.2) is 39.9 Å². The Bertz CT molecular complexity index is 903. The molecule has 0 bridgehead atoms. The number of nitrogens with zero attached hydrogens (tertiary/aromatic N) is 1. The van der Waals surface area contributed by atoms with Gasteiger partial charge in [0.1, 0.15) is 18.5 Å². The first-order valence-corrected chi connectivity index (χ1v) is 8.80. The summed E-state index contributed by atoms with van der Waals surface area (Å²) < 4.78 is 5.83. The Hall–Kier alpha value is -1.53. The third-order valence-corrected chi connectivity index (χ3v) is 4.53. The molecule has 0 amide bonds. The zero-order valence-corrected chi connectivity index (χ0v) is 15.9. The quantitative estimate of drug-likeness (QED) is 0.620. The van der Waals surface area contributed by atoms with Gasteiger partial charge in [-0.2, -0.15) is 0 Å². The average molecular weight is 382 g/mol. The molecule has 1 aromatic carbocycles. The van der Waals surface area contributed by atoms with E-state index in [0.717, 1.165) is 21.8 Å². The van der Waals surface area contributed by atoms with Gasteiger partial charge < -0.3 is 20.1 Å². The normalized spacial score (nSPS) is 13.5. The molecule has 3 rings (SSSR count). The molecule has 1 unspecified atom stereocenters. The molecule has 2 aromatic heterocycles. The molecule has 0 aliphatic heterocycles. The van der Waals surface area contributed by atoms with Crippen molar-refractivity contribution in [3.63, 3.8) is 0 Å². The summed E-state index contributed by atoms with van der Waals surface area (Å²) in [6.45, 7) is 6.75. The van der Waals surface area contributed by atoms with Gasteiger partial charge in [0.15, 0.2) is 0 Å². The Labute approximate surface area is 156 Å². The van der Waals surface area contributed by atoms with Gasteiger partial charge in [0.25, 0.3) is 0 Å². The second kappa shape index (κ2) is 7.00. The lowest BCUT2D eigenvalue weighted by atomic mass is 10.1. The smallest absolute Gasteiger partial charge is 0.147 e. The van der Waals surface area contributed by atoms with Crippen molar-refractivity contribution in [1.29, 1.82) is 0 Å². The van der Waals surface area contributed by atoms with Gasteiger partial charge in [-0.05, 0) is 32.9 Å². The van der Waals surface area contributed by atoms with Crippen LogP contribution in [0.4, 0.5) is 0 Å². The highest BCUT2D eigenvalue weighted by Crippen LogP contribution is 2.36. The van der Waals surface area contributed by atoms with Crippen LogP contribution in [0.2, 0.25) is 10.0 Å². The van der Waals surface area contributed by atoms with Gasteiger partial charge in [0.2, 0.25) is 0 Å². The molecular weight excluding hydrogens is 361 g/mol. The highest BCUT2D eigenvalue weighted by molar-refractivity contribution is 6.43. The first-order chi connectivity index (χ1) is 11.7. The molecule has 0 saturated carbocycles. The average Bonchev–Trinajstić information content (AvgIpc) is 2.88. The van der Waals surface area contributed by atoms with Crippen molar-refractivity contribution in [3.8, 4) is 5.75 Å². The van der Waals surface area contributed by atoms with E-state index in [9.17, 15) is 5.11 Å². The number of hydrogen-bond donors (Lipinski definition) is 3. The molecule has 3 N–H and O–H groups in total. The molecular formula is C18H21Cl2N3O2. The van der Waals surface area contributed by atoms with E-state index in [1.54, 1.807) is 18.5 Å². The molecule has 1 atom stereocenters. The summed E-state index contributed by atoms with van der Waals surface area (Å²) >= 11 is 12.2. The zero-order valence-electron chi connectivity index (χ0n) is 14.4. The van der Waals surface area contributed by atoms with Gasteiger partial charge in [0, 0.05) is 23.0 Å². The Morgan fingerprint density at radius 1 is 1.20 bits per heavy atom. The van der Waals surface area contributed by atoms with Crippen LogP contribution < -0.4 is 10.1 Å². The number of halogens is 2. The molecule has 5 nitrogen and oxygen atoms in total. The van der Waals surface area contributed by atoms with E-state index in [0.29, 0.717) is 22.3 Å². The van der Waals surface area contributed by atoms with Crippen LogP contribution in [-0.2, 0) is 0 Å².